The van der Waals surface area contributed by atoms with E-state index >= 15 is 0 Å². The molecule has 1 unspecified atom stereocenters. The van der Waals surface area contributed by atoms with Gasteiger partial charge in [0.1, 0.15) is 18.3 Å². The number of carbonyl (C=O) groups excluding carboxylic acids is 1. The van der Waals surface area contributed by atoms with Crippen molar-refractivity contribution in [1.29, 1.82) is 0 Å². The van der Waals surface area contributed by atoms with Gasteiger partial charge in [-0.25, -0.2) is 0 Å². The molecule has 0 aromatic rings. The van der Waals surface area contributed by atoms with E-state index in [1.165, 1.54) is 0 Å². The molecule has 1 saturated heterocycles. The largest absolute Gasteiger partial charge is 0.394 e. The number of unbranched alkanes of at least 4 members (excludes halogenated alkanes) is 2. The molecule has 0 bridgehead atoms. The summed E-state index contributed by atoms with van der Waals surface area (Å²) in [5.74, 6) is -3.00. The van der Waals surface area contributed by atoms with Gasteiger partial charge in [-0.1, -0.05) is 19.8 Å². The number of hydrogen-bond acceptors (Lipinski definition) is 7. The average molecular weight is 277 g/mol. The number of ether oxygens (including phenoxy) is 1. The molecule has 6 N–H and O–H groups in total. The molecule has 0 saturated carbocycles. The first kappa shape index (κ1) is 16.5. The van der Waals surface area contributed by atoms with E-state index < -0.39 is 42.5 Å². The fourth-order valence-electron chi connectivity index (χ4n) is 2.15. The SMILES string of the molecule is CCCCCC(=O)C1(O)O[C@H](CO)[C@@H](O)[C@H](O)[C@H]1N. The lowest BCUT2D eigenvalue weighted by Gasteiger charge is -2.45. The highest BCUT2D eigenvalue weighted by molar-refractivity contribution is 5.86. The Bertz CT molecular complexity index is 311. The van der Waals surface area contributed by atoms with Crippen LogP contribution in [0, 0.1) is 0 Å². The summed E-state index contributed by atoms with van der Waals surface area (Å²) in [5.41, 5.74) is 5.58. The first-order valence-corrected chi connectivity index (χ1v) is 6.54. The normalized spacial score (nSPS) is 39.3. The van der Waals surface area contributed by atoms with Gasteiger partial charge in [0, 0.05) is 6.42 Å². The van der Waals surface area contributed by atoms with Gasteiger partial charge in [0.25, 0.3) is 0 Å². The topological polar surface area (TPSA) is 133 Å². The van der Waals surface area contributed by atoms with Crippen molar-refractivity contribution in [3.63, 3.8) is 0 Å². The van der Waals surface area contributed by atoms with Gasteiger partial charge in [-0.15, -0.1) is 0 Å². The van der Waals surface area contributed by atoms with E-state index in [0.717, 1.165) is 12.8 Å². The number of hydrogen-bond donors (Lipinski definition) is 5. The third-order valence-electron chi connectivity index (χ3n) is 3.47. The number of Topliss-reactive ketones (excluding diaryl/α,β-unsaturated/α-hetero) is 1. The van der Waals surface area contributed by atoms with Crippen LogP contribution in [-0.4, -0.2) is 63.0 Å². The fraction of sp³-hybridized carbons (Fsp3) is 0.917. The summed E-state index contributed by atoms with van der Waals surface area (Å²) in [6.45, 7) is 1.35. The highest BCUT2D eigenvalue weighted by Gasteiger charge is 2.55. The van der Waals surface area contributed by atoms with E-state index in [0.29, 0.717) is 6.42 Å². The zero-order valence-electron chi connectivity index (χ0n) is 11.0. The lowest BCUT2D eigenvalue weighted by Crippen LogP contribution is -2.71. The maximum Gasteiger partial charge on any atom is 0.245 e. The van der Waals surface area contributed by atoms with Crippen LogP contribution in [-0.2, 0) is 9.53 Å². The van der Waals surface area contributed by atoms with E-state index in [9.17, 15) is 20.1 Å². The van der Waals surface area contributed by atoms with Gasteiger partial charge in [0.15, 0.2) is 5.78 Å². The van der Waals surface area contributed by atoms with Crippen molar-refractivity contribution in [1.82, 2.24) is 0 Å². The van der Waals surface area contributed by atoms with Gasteiger partial charge >= 0.3 is 0 Å². The molecule has 0 aromatic heterocycles. The monoisotopic (exact) mass is 277 g/mol. The molecule has 19 heavy (non-hydrogen) atoms. The molecule has 1 heterocycles. The number of nitrogens with two attached hydrogens (primary N) is 1. The predicted octanol–water partition coefficient (Wildman–Crippen LogP) is -1.74. The van der Waals surface area contributed by atoms with Crippen LogP contribution in [0.1, 0.15) is 32.6 Å². The molecule has 1 aliphatic heterocycles. The Hall–Kier alpha value is -0.570. The van der Waals surface area contributed by atoms with Crippen molar-refractivity contribution in [2.45, 2.75) is 62.7 Å². The molecule has 7 nitrogen and oxygen atoms in total. The zero-order valence-corrected chi connectivity index (χ0v) is 11.0. The van der Waals surface area contributed by atoms with Crippen molar-refractivity contribution >= 4 is 5.78 Å². The second-order valence-corrected chi connectivity index (χ2v) is 4.92. The molecule has 0 radical (unpaired) electrons. The Labute approximate surface area is 112 Å². The molecular formula is C12H23NO6. The van der Waals surface area contributed by atoms with Crippen molar-refractivity contribution in [3.05, 3.63) is 0 Å². The molecule has 1 rings (SSSR count). The van der Waals surface area contributed by atoms with Crippen LogP contribution < -0.4 is 5.73 Å². The minimum Gasteiger partial charge on any atom is -0.394 e. The Morgan fingerprint density at radius 1 is 1.32 bits per heavy atom. The van der Waals surface area contributed by atoms with E-state index in [1.807, 2.05) is 6.92 Å². The van der Waals surface area contributed by atoms with E-state index in [4.69, 9.17) is 15.6 Å². The third-order valence-corrected chi connectivity index (χ3v) is 3.47. The highest BCUT2D eigenvalue weighted by Crippen LogP contribution is 2.29. The molecule has 0 aromatic carbocycles. The highest BCUT2D eigenvalue weighted by atomic mass is 16.7. The lowest BCUT2D eigenvalue weighted by atomic mass is 9.87. The van der Waals surface area contributed by atoms with Gasteiger partial charge in [-0.05, 0) is 6.42 Å². The second kappa shape index (κ2) is 6.74. The number of aliphatic hydroxyl groups is 4. The molecule has 0 aliphatic carbocycles. The maximum atomic E-state index is 12.0. The van der Waals surface area contributed by atoms with Crippen molar-refractivity contribution in [2.24, 2.45) is 5.73 Å². The molecule has 5 atom stereocenters. The van der Waals surface area contributed by atoms with Gasteiger partial charge in [-0.2, -0.15) is 0 Å². The quantitative estimate of drug-likeness (QED) is 0.364. The number of aliphatic hydroxyl groups excluding tert-OH is 3. The van der Waals surface area contributed by atoms with Crippen LogP contribution in [0.15, 0.2) is 0 Å². The Balaban J connectivity index is 2.79. The smallest absolute Gasteiger partial charge is 0.245 e. The van der Waals surface area contributed by atoms with Crippen molar-refractivity contribution < 1.29 is 30.0 Å². The molecular weight excluding hydrogens is 254 g/mol. The summed E-state index contributed by atoms with van der Waals surface area (Å²) in [6, 6.07) is -1.44. The summed E-state index contributed by atoms with van der Waals surface area (Å²) < 4.78 is 5.03. The molecule has 1 aliphatic rings. The summed E-state index contributed by atoms with van der Waals surface area (Å²) >= 11 is 0. The number of ketones is 1. The first-order valence-electron chi connectivity index (χ1n) is 6.54. The lowest BCUT2D eigenvalue weighted by molar-refractivity contribution is -0.297. The number of carbonyl (C=O) groups is 1. The van der Waals surface area contributed by atoms with Gasteiger partial charge in [0.05, 0.1) is 12.6 Å². The van der Waals surface area contributed by atoms with Crippen LogP contribution >= 0.6 is 0 Å². The van der Waals surface area contributed by atoms with E-state index in [1.54, 1.807) is 0 Å². The van der Waals surface area contributed by atoms with Crippen molar-refractivity contribution in [3.8, 4) is 0 Å². The van der Waals surface area contributed by atoms with Crippen molar-refractivity contribution in [2.75, 3.05) is 6.61 Å². The summed E-state index contributed by atoms with van der Waals surface area (Å²) in [6.07, 6.45) is -1.83. The molecule has 1 fully saturated rings. The second-order valence-electron chi connectivity index (χ2n) is 4.92. The minimum atomic E-state index is -2.36. The van der Waals surface area contributed by atoms with Crippen LogP contribution in [0.25, 0.3) is 0 Å². The Morgan fingerprint density at radius 3 is 2.47 bits per heavy atom. The van der Waals surface area contributed by atoms with E-state index in [-0.39, 0.29) is 6.42 Å². The van der Waals surface area contributed by atoms with Crippen LogP contribution in [0.4, 0.5) is 0 Å². The molecule has 0 spiro atoms. The summed E-state index contributed by atoms with van der Waals surface area (Å²) in [7, 11) is 0. The van der Waals surface area contributed by atoms with Gasteiger partial charge in [0.2, 0.25) is 5.79 Å². The third kappa shape index (κ3) is 3.31. The zero-order chi connectivity index (χ0) is 14.6. The molecule has 0 amide bonds. The average Bonchev–Trinajstić information content (AvgIpc) is 2.40. The Morgan fingerprint density at radius 2 is 1.95 bits per heavy atom. The van der Waals surface area contributed by atoms with Gasteiger partial charge < -0.3 is 30.9 Å². The number of rotatable bonds is 6. The van der Waals surface area contributed by atoms with Crippen LogP contribution in [0.2, 0.25) is 0 Å². The minimum absolute atomic E-state index is 0.0685. The predicted molar refractivity (Wildman–Crippen MR) is 66.0 cm³/mol. The fourth-order valence-corrected chi connectivity index (χ4v) is 2.15. The summed E-state index contributed by atoms with van der Waals surface area (Å²) in [5, 5.41) is 38.6. The maximum absolute atomic E-state index is 12.0. The van der Waals surface area contributed by atoms with Gasteiger partial charge in [-0.3, -0.25) is 4.79 Å². The van der Waals surface area contributed by atoms with Crippen LogP contribution in [0.5, 0.6) is 0 Å². The standard InChI is InChI=1S/C12H23NO6/c1-2-3-4-5-8(15)12(18)11(13)10(17)9(16)7(6-14)19-12/h7,9-11,14,16-18H,2-6,13H2,1H3/t7-,9-,10+,11-,12?/m1/s1. The molecule has 7 heteroatoms. The summed E-state index contributed by atoms with van der Waals surface area (Å²) in [4.78, 5) is 12.0. The Kier molecular flexibility index (Phi) is 5.84. The molecule has 112 valence electrons. The van der Waals surface area contributed by atoms with E-state index in [2.05, 4.69) is 0 Å². The van der Waals surface area contributed by atoms with Crippen LogP contribution in [0.3, 0.4) is 0 Å². The first-order chi connectivity index (χ1) is 8.88.